The smallest absolute Gasteiger partial charge is 0.387 e. The van der Waals surface area contributed by atoms with Gasteiger partial charge in [-0.05, 0) is 36.4 Å². The number of amides is 1. The average Bonchev–Trinajstić information content (AvgIpc) is 3.43. The van der Waals surface area contributed by atoms with Gasteiger partial charge in [0.25, 0.3) is 5.91 Å². The first-order chi connectivity index (χ1) is 17.0. The Kier molecular flexibility index (Phi) is 6.15. The zero-order valence-electron chi connectivity index (χ0n) is 18.3. The summed E-state index contributed by atoms with van der Waals surface area (Å²) in [5.74, 6) is -0.511. The highest BCUT2D eigenvalue weighted by Crippen LogP contribution is 2.39. The minimum absolute atomic E-state index is 0.0516. The Morgan fingerprint density at radius 3 is 2.74 bits per heavy atom. The number of anilines is 1. The molecular weight excluding hydrogens is 474 g/mol. The van der Waals surface area contributed by atoms with E-state index in [1.165, 1.54) is 33.2 Å². The van der Waals surface area contributed by atoms with E-state index in [-0.39, 0.29) is 17.0 Å². The second-order valence-corrected chi connectivity index (χ2v) is 8.56. The first kappa shape index (κ1) is 22.5. The summed E-state index contributed by atoms with van der Waals surface area (Å²) in [7, 11) is 1.67. The van der Waals surface area contributed by atoms with Crippen molar-refractivity contribution in [2.24, 2.45) is 7.05 Å². The van der Waals surface area contributed by atoms with Crippen molar-refractivity contribution in [3.63, 3.8) is 0 Å². The molecule has 0 bridgehead atoms. The molecule has 0 radical (unpaired) electrons. The number of aromatic nitrogens is 5. The maximum atomic E-state index is 13.2. The van der Waals surface area contributed by atoms with Gasteiger partial charge in [-0.1, -0.05) is 30.0 Å². The van der Waals surface area contributed by atoms with Gasteiger partial charge in [0.15, 0.2) is 5.65 Å². The van der Waals surface area contributed by atoms with Crippen LogP contribution in [-0.2, 0) is 7.05 Å². The van der Waals surface area contributed by atoms with Crippen LogP contribution in [0.1, 0.15) is 10.4 Å². The van der Waals surface area contributed by atoms with Crippen molar-refractivity contribution in [3.8, 4) is 17.0 Å². The summed E-state index contributed by atoms with van der Waals surface area (Å²) in [6.07, 6.45) is 6.25. The molecule has 0 atom stereocenters. The predicted molar refractivity (Wildman–Crippen MR) is 127 cm³/mol. The van der Waals surface area contributed by atoms with Gasteiger partial charge in [-0.2, -0.15) is 19.0 Å². The van der Waals surface area contributed by atoms with E-state index in [1.807, 2.05) is 30.3 Å². The van der Waals surface area contributed by atoms with Crippen LogP contribution >= 0.6 is 11.8 Å². The van der Waals surface area contributed by atoms with Crippen molar-refractivity contribution in [1.29, 1.82) is 0 Å². The van der Waals surface area contributed by atoms with Crippen LogP contribution in [0.15, 0.2) is 89.2 Å². The number of carbonyl (C=O) groups excluding carboxylic acids is 1. The van der Waals surface area contributed by atoms with Crippen LogP contribution in [0.3, 0.4) is 0 Å². The fraction of sp³-hybridized carbons (Fsp3) is 0.0833. The lowest BCUT2D eigenvalue weighted by Gasteiger charge is -2.13. The molecule has 1 N–H and O–H groups in total. The third-order valence-corrected chi connectivity index (χ3v) is 6.00. The first-order valence-electron chi connectivity index (χ1n) is 10.4. The highest BCUT2D eigenvalue weighted by atomic mass is 32.2. The Morgan fingerprint density at radius 2 is 1.94 bits per heavy atom. The molecule has 35 heavy (non-hydrogen) atoms. The van der Waals surface area contributed by atoms with E-state index >= 15 is 0 Å². The average molecular weight is 493 g/mol. The van der Waals surface area contributed by atoms with Crippen LogP contribution in [-0.4, -0.2) is 36.9 Å². The molecule has 1 amide bonds. The predicted octanol–water partition coefficient (Wildman–Crippen LogP) is 5.13. The minimum atomic E-state index is -3.02. The Bertz CT molecular complexity index is 1500. The Labute approximate surface area is 202 Å². The molecule has 176 valence electrons. The Balaban J connectivity index is 1.52. The molecule has 0 fully saturated rings. The number of alkyl halides is 2. The van der Waals surface area contributed by atoms with Crippen LogP contribution in [0, 0.1) is 0 Å². The van der Waals surface area contributed by atoms with E-state index in [9.17, 15) is 13.6 Å². The highest BCUT2D eigenvalue weighted by Gasteiger charge is 2.21. The minimum Gasteiger partial charge on any atom is -0.434 e. The number of hydrogen-bond donors (Lipinski definition) is 1. The van der Waals surface area contributed by atoms with E-state index < -0.39 is 12.5 Å². The number of aryl methyl sites for hydroxylation is 1. The van der Waals surface area contributed by atoms with Crippen LogP contribution in [0.2, 0.25) is 0 Å². The van der Waals surface area contributed by atoms with Crippen LogP contribution in [0.4, 0.5) is 14.5 Å². The third-order valence-electron chi connectivity index (χ3n) is 5.00. The fourth-order valence-electron chi connectivity index (χ4n) is 3.54. The van der Waals surface area contributed by atoms with Gasteiger partial charge in [-0.25, -0.2) is 9.50 Å². The van der Waals surface area contributed by atoms with Crippen molar-refractivity contribution >= 4 is 29.0 Å². The molecular formula is C24H18F2N6O2S. The molecule has 5 rings (SSSR count). The number of hydrogen-bond acceptors (Lipinski definition) is 6. The molecule has 5 aromatic rings. The van der Waals surface area contributed by atoms with Gasteiger partial charge in [0.05, 0.1) is 11.9 Å². The van der Waals surface area contributed by atoms with Crippen molar-refractivity contribution in [2.75, 3.05) is 5.32 Å². The molecule has 0 unspecified atom stereocenters. The van der Waals surface area contributed by atoms with Crippen molar-refractivity contribution in [2.45, 2.75) is 16.4 Å². The summed E-state index contributed by atoms with van der Waals surface area (Å²) in [6, 6.07) is 16.2. The number of carbonyl (C=O) groups is 1. The molecule has 0 aliphatic heterocycles. The summed E-state index contributed by atoms with van der Waals surface area (Å²) in [6.45, 7) is -3.02. The lowest BCUT2D eigenvalue weighted by molar-refractivity contribution is -0.0494. The maximum absolute atomic E-state index is 13.2. The summed E-state index contributed by atoms with van der Waals surface area (Å²) >= 11 is 1.47. The van der Waals surface area contributed by atoms with Gasteiger partial charge in [0, 0.05) is 41.0 Å². The van der Waals surface area contributed by atoms with E-state index in [0.717, 1.165) is 9.79 Å². The quantitative estimate of drug-likeness (QED) is 0.339. The van der Waals surface area contributed by atoms with E-state index in [0.29, 0.717) is 16.9 Å². The van der Waals surface area contributed by atoms with E-state index in [1.54, 1.807) is 43.8 Å². The molecule has 0 saturated heterocycles. The van der Waals surface area contributed by atoms with Crippen molar-refractivity contribution < 1.29 is 18.3 Å². The molecule has 2 aromatic carbocycles. The molecule has 11 heteroatoms. The second-order valence-electron chi connectivity index (χ2n) is 7.42. The largest absolute Gasteiger partial charge is 0.434 e. The summed E-state index contributed by atoms with van der Waals surface area (Å²) in [5, 5.41) is 11.4. The van der Waals surface area contributed by atoms with E-state index in [4.69, 9.17) is 4.74 Å². The number of nitrogens with zero attached hydrogens (tertiary/aromatic N) is 5. The SMILES string of the molecule is Cn1cc(NC(=O)c2cnn3cccnc23)c(-c2cc(Sc3ccccc3)ccc2OC(F)F)n1. The van der Waals surface area contributed by atoms with Gasteiger partial charge in [-0.3, -0.25) is 9.48 Å². The highest BCUT2D eigenvalue weighted by molar-refractivity contribution is 7.99. The van der Waals surface area contributed by atoms with Gasteiger partial charge in [0.1, 0.15) is 17.0 Å². The normalized spacial score (nSPS) is 11.2. The molecule has 0 aliphatic carbocycles. The van der Waals surface area contributed by atoms with Gasteiger partial charge < -0.3 is 10.1 Å². The maximum Gasteiger partial charge on any atom is 0.387 e. The number of rotatable bonds is 7. The Hall–Kier alpha value is -4.25. The molecule has 0 spiro atoms. The molecule has 3 heterocycles. The Morgan fingerprint density at radius 1 is 1.11 bits per heavy atom. The molecule has 0 aliphatic rings. The number of halogens is 2. The molecule has 0 saturated carbocycles. The zero-order valence-corrected chi connectivity index (χ0v) is 19.1. The summed E-state index contributed by atoms with van der Waals surface area (Å²) < 4.78 is 34.1. The second kappa shape index (κ2) is 9.55. The van der Waals surface area contributed by atoms with E-state index in [2.05, 4.69) is 20.5 Å². The standard InChI is InChI=1S/C24H18F2N6O2S/c1-31-14-19(29-23(33)18-13-28-32-11-5-10-27-22(18)32)21(30-31)17-12-16(8-9-20(17)34-24(25)26)35-15-6-3-2-4-7-15/h2-14,24H,1H3,(H,29,33). The number of fused-ring (bicyclic) bond motifs is 1. The van der Waals surface area contributed by atoms with Crippen LogP contribution in [0.5, 0.6) is 5.75 Å². The van der Waals surface area contributed by atoms with Crippen LogP contribution < -0.4 is 10.1 Å². The van der Waals surface area contributed by atoms with Crippen LogP contribution in [0.25, 0.3) is 16.9 Å². The van der Waals surface area contributed by atoms with Gasteiger partial charge in [0.2, 0.25) is 0 Å². The first-order valence-corrected chi connectivity index (χ1v) is 11.2. The lowest BCUT2D eigenvalue weighted by Crippen LogP contribution is -2.12. The summed E-state index contributed by atoms with van der Waals surface area (Å²) in [5.41, 5.74) is 1.58. The monoisotopic (exact) mass is 492 g/mol. The fourth-order valence-corrected chi connectivity index (χ4v) is 4.42. The van der Waals surface area contributed by atoms with Gasteiger partial charge in [-0.15, -0.1) is 0 Å². The third kappa shape index (κ3) is 4.85. The summed E-state index contributed by atoms with van der Waals surface area (Å²) in [4.78, 5) is 19.0. The zero-order chi connectivity index (χ0) is 24.4. The number of nitrogens with one attached hydrogen (secondary N) is 1. The van der Waals surface area contributed by atoms with Crippen molar-refractivity contribution in [1.82, 2.24) is 24.4 Å². The number of benzene rings is 2. The molecule has 3 aromatic heterocycles. The topological polar surface area (TPSA) is 86.3 Å². The van der Waals surface area contributed by atoms with Gasteiger partial charge >= 0.3 is 6.61 Å². The lowest BCUT2D eigenvalue weighted by atomic mass is 10.1. The van der Waals surface area contributed by atoms with Crippen molar-refractivity contribution in [3.05, 3.63) is 84.9 Å². The number of ether oxygens (including phenoxy) is 1. The molecule has 8 nitrogen and oxygen atoms in total.